The highest BCUT2D eigenvalue weighted by Gasteiger charge is 2.47. The van der Waals surface area contributed by atoms with Crippen molar-refractivity contribution in [3.05, 3.63) is 60.2 Å². The van der Waals surface area contributed by atoms with Crippen molar-refractivity contribution in [1.82, 2.24) is 0 Å². The second kappa shape index (κ2) is 11.6. The van der Waals surface area contributed by atoms with Crippen LogP contribution in [0, 0.1) is 5.41 Å². The zero-order valence-electron chi connectivity index (χ0n) is 22.8. The molecule has 0 amide bonds. The molecular formula is C31H35F3O4S. The Balaban J connectivity index is 1.56. The summed E-state index contributed by atoms with van der Waals surface area (Å²) in [5.74, 6) is 0.0885. The van der Waals surface area contributed by atoms with E-state index in [-0.39, 0.29) is 18.0 Å². The summed E-state index contributed by atoms with van der Waals surface area (Å²) in [4.78, 5) is 12.8. The Morgan fingerprint density at radius 1 is 1.08 bits per heavy atom. The van der Waals surface area contributed by atoms with E-state index in [1.54, 1.807) is 13.0 Å². The predicted octanol–water partition coefficient (Wildman–Crippen LogP) is 9.25. The number of alkyl halides is 3. The smallest absolute Gasteiger partial charge is 0.490 e. The van der Waals surface area contributed by atoms with Crippen LogP contribution in [0.4, 0.5) is 13.2 Å². The summed E-state index contributed by atoms with van der Waals surface area (Å²) in [6.07, 6.45) is -0.100. The first kappa shape index (κ1) is 29.0. The third-order valence-electron chi connectivity index (χ3n) is 7.32. The average molecular weight is 561 g/mol. The number of benzene rings is 2. The summed E-state index contributed by atoms with van der Waals surface area (Å²) in [6.45, 7) is 11.4. The molecule has 0 saturated heterocycles. The number of carbonyl (C=O) groups excluding carboxylic acids is 1. The SMILES string of the molecule is C=C(C)C(=O)OC1CCC(Oc2ccc3cc(-c4ccc(CCCCC)cc4OC(F)(F)F)sc3c2)C1(C)C. The van der Waals surface area contributed by atoms with Crippen LogP contribution >= 0.6 is 11.3 Å². The zero-order valence-corrected chi connectivity index (χ0v) is 23.6. The monoisotopic (exact) mass is 560 g/mol. The summed E-state index contributed by atoms with van der Waals surface area (Å²) >= 11 is 1.40. The number of aryl methyl sites for hydroxylation is 1. The number of fused-ring (bicyclic) bond motifs is 1. The van der Waals surface area contributed by atoms with Gasteiger partial charge in [0, 0.05) is 26.1 Å². The lowest BCUT2D eigenvalue weighted by atomic mass is 9.86. The summed E-state index contributed by atoms with van der Waals surface area (Å²) in [5, 5.41) is 0.909. The van der Waals surface area contributed by atoms with Crippen molar-refractivity contribution in [2.45, 2.75) is 84.8 Å². The molecule has 0 spiro atoms. The van der Waals surface area contributed by atoms with Gasteiger partial charge in [-0.05, 0) is 80.0 Å². The van der Waals surface area contributed by atoms with Gasteiger partial charge in [-0.2, -0.15) is 0 Å². The van der Waals surface area contributed by atoms with Crippen LogP contribution in [0.2, 0.25) is 0 Å². The first-order valence-corrected chi connectivity index (χ1v) is 14.1. The van der Waals surface area contributed by atoms with Gasteiger partial charge in [0.2, 0.25) is 0 Å². The fraction of sp³-hybridized carbons (Fsp3) is 0.452. The number of esters is 1. The molecule has 0 bridgehead atoms. The van der Waals surface area contributed by atoms with Crippen molar-refractivity contribution in [1.29, 1.82) is 0 Å². The van der Waals surface area contributed by atoms with Crippen LogP contribution in [-0.2, 0) is 16.0 Å². The first-order valence-electron chi connectivity index (χ1n) is 13.3. The number of halogens is 3. The minimum atomic E-state index is -4.78. The maximum absolute atomic E-state index is 13.3. The fourth-order valence-electron chi connectivity index (χ4n) is 5.00. The molecule has 2 aromatic carbocycles. The molecule has 210 valence electrons. The molecule has 3 aromatic rings. The van der Waals surface area contributed by atoms with Crippen LogP contribution in [-0.4, -0.2) is 24.5 Å². The Morgan fingerprint density at radius 3 is 2.51 bits per heavy atom. The van der Waals surface area contributed by atoms with Crippen LogP contribution in [0.1, 0.15) is 65.4 Å². The summed E-state index contributed by atoms with van der Waals surface area (Å²) < 4.78 is 57.1. The molecule has 0 radical (unpaired) electrons. The van der Waals surface area contributed by atoms with Crippen molar-refractivity contribution < 1.29 is 32.2 Å². The number of rotatable bonds is 10. The van der Waals surface area contributed by atoms with E-state index in [2.05, 4.69) is 18.2 Å². The summed E-state index contributed by atoms with van der Waals surface area (Å²) in [5.41, 5.74) is 1.21. The van der Waals surface area contributed by atoms with Gasteiger partial charge >= 0.3 is 12.3 Å². The molecule has 1 aliphatic carbocycles. The third kappa shape index (κ3) is 6.96. The molecular weight excluding hydrogens is 525 g/mol. The molecule has 0 N–H and O–H groups in total. The molecule has 1 fully saturated rings. The number of carbonyl (C=O) groups is 1. The van der Waals surface area contributed by atoms with Gasteiger partial charge in [0.1, 0.15) is 23.7 Å². The normalized spacial score (nSPS) is 18.7. The zero-order chi connectivity index (χ0) is 28.4. The lowest BCUT2D eigenvalue weighted by Gasteiger charge is -2.32. The molecule has 8 heteroatoms. The lowest BCUT2D eigenvalue weighted by Crippen LogP contribution is -2.38. The summed E-state index contributed by atoms with van der Waals surface area (Å²) in [6, 6.07) is 12.7. The second-order valence-electron chi connectivity index (χ2n) is 10.8. The maximum atomic E-state index is 13.3. The Kier molecular flexibility index (Phi) is 8.64. The van der Waals surface area contributed by atoms with Gasteiger partial charge in [0.05, 0.1) is 0 Å². The van der Waals surface area contributed by atoms with Gasteiger partial charge in [-0.3, -0.25) is 0 Å². The van der Waals surface area contributed by atoms with Gasteiger partial charge in [-0.15, -0.1) is 24.5 Å². The van der Waals surface area contributed by atoms with E-state index in [1.807, 2.05) is 44.2 Å². The minimum Gasteiger partial charge on any atom is -0.490 e. The molecule has 4 nitrogen and oxygen atoms in total. The standard InChI is InChI=1S/C31H35F3O4S/c1-6-7-8-9-20-10-13-23(24(16-20)38-31(32,33)34)26-17-21-11-12-22(18-25(21)39-26)36-27-14-15-28(30(27,4)5)37-29(35)19(2)3/h10-13,16-18,27-28H,2,6-9,14-15H2,1,3-5H3. The molecule has 1 aromatic heterocycles. The lowest BCUT2D eigenvalue weighted by molar-refractivity contribution is -0.274. The van der Waals surface area contributed by atoms with Crippen molar-refractivity contribution in [3.63, 3.8) is 0 Å². The van der Waals surface area contributed by atoms with Gasteiger partial charge in [0.15, 0.2) is 0 Å². The topological polar surface area (TPSA) is 44.8 Å². The highest BCUT2D eigenvalue weighted by Crippen LogP contribution is 2.44. The fourth-order valence-corrected chi connectivity index (χ4v) is 6.12. The van der Waals surface area contributed by atoms with Crippen molar-refractivity contribution in [3.8, 4) is 21.9 Å². The Labute approximate surface area is 231 Å². The van der Waals surface area contributed by atoms with Gasteiger partial charge < -0.3 is 14.2 Å². The van der Waals surface area contributed by atoms with E-state index in [0.29, 0.717) is 34.6 Å². The Bertz CT molecular complexity index is 1340. The van der Waals surface area contributed by atoms with E-state index >= 15 is 0 Å². The minimum absolute atomic E-state index is 0.163. The van der Waals surface area contributed by atoms with Gasteiger partial charge in [-0.25, -0.2) is 4.79 Å². The van der Waals surface area contributed by atoms with E-state index in [9.17, 15) is 18.0 Å². The number of ether oxygens (including phenoxy) is 3. The highest BCUT2D eigenvalue weighted by molar-refractivity contribution is 7.22. The van der Waals surface area contributed by atoms with Gasteiger partial charge in [0.25, 0.3) is 0 Å². The highest BCUT2D eigenvalue weighted by atomic mass is 32.1. The van der Waals surface area contributed by atoms with Crippen LogP contribution in [0.15, 0.2) is 54.6 Å². The van der Waals surface area contributed by atoms with E-state index in [4.69, 9.17) is 9.47 Å². The maximum Gasteiger partial charge on any atom is 0.573 e. The molecule has 4 rings (SSSR count). The van der Waals surface area contributed by atoms with Crippen LogP contribution in [0.3, 0.4) is 0 Å². The van der Waals surface area contributed by atoms with Crippen LogP contribution in [0.5, 0.6) is 11.5 Å². The van der Waals surface area contributed by atoms with E-state index in [0.717, 1.165) is 41.3 Å². The van der Waals surface area contributed by atoms with Crippen LogP contribution < -0.4 is 9.47 Å². The Hall–Kier alpha value is -3.00. The van der Waals surface area contributed by atoms with E-state index < -0.39 is 17.7 Å². The van der Waals surface area contributed by atoms with Crippen molar-refractivity contribution >= 4 is 27.4 Å². The second-order valence-corrected chi connectivity index (χ2v) is 11.9. The molecule has 1 heterocycles. The molecule has 1 saturated carbocycles. The molecule has 2 unspecified atom stereocenters. The number of unbranched alkanes of at least 4 members (excludes halogenated alkanes) is 2. The molecule has 2 atom stereocenters. The van der Waals surface area contributed by atoms with Crippen molar-refractivity contribution in [2.24, 2.45) is 5.41 Å². The predicted molar refractivity (Wildman–Crippen MR) is 149 cm³/mol. The summed E-state index contributed by atoms with van der Waals surface area (Å²) in [7, 11) is 0. The van der Waals surface area contributed by atoms with E-state index in [1.165, 1.54) is 17.4 Å². The quantitative estimate of drug-likeness (QED) is 0.141. The molecule has 0 aliphatic heterocycles. The van der Waals surface area contributed by atoms with Crippen molar-refractivity contribution in [2.75, 3.05) is 0 Å². The number of hydrogen-bond donors (Lipinski definition) is 0. The van der Waals surface area contributed by atoms with Crippen LogP contribution in [0.25, 0.3) is 20.5 Å². The number of thiophene rings is 1. The molecule has 39 heavy (non-hydrogen) atoms. The molecule has 1 aliphatic rings. The third-order valence-corrected chi connectivity index (χ3v) is 8.46. The largest absolute Gasteiger partial charge is 0.573 e. The van der Waals surface area contributed by atoms with Gasteiger partial charge in [-0.1, -0.05) is 46.3 Å². The number of hydrogen-bond acceptors (Lipinski definition) is 5. The first-order chi connectivity index (χ1) is 18.4. The Morgan fingerprint density at radius 2 is 1.82 bits per heavy atom. The average Bonchev–Trinajstić information content (AvgIpc) is 3.38.